The molecule has 1 atom stereocenters. The number of imidazole rings is 1. The molecule has 0 bridgehead atoms. The number of nitrogens with zero attached hydrogens (tertiary/aromatic N) is 2. The van der Waals surface area contributed by atoms with Crippen LogP contribution in [0.5, 0.6) is 0 Å². The van der Waals surface area contributed by atoms with E-state index < -0.39 is 0 Å². The average molecular weight is 518 g/mol. The van der Waals surface area contributed by atoms with Gasteiger partial charge < -0.3 is 21.4 Å². The van der Waals surface area contributed by atoms with Gasteiger partial charge >= 0.3 is 0 Å². The highest BCUT2D eigenvalue weighted by atomic mass is 35.5. The second kappa shape index (κ2) is 13.2. The number of hydrogen-bond donors (Lipinski definition) is 3. The van der Waals surface area contributed by atoms with E-state index in [1.54, 1.807) is 12.1 Å². The molecular formula is C26H30Cl2FN5O. The van der Waals surface area contributed by atoms with E-state index in [1.165, 1.54) is 12.1 Å². The molecule has 6 nitrogen and oxygen atoms in total. The molecule has 35 heavy (non-hydrogen) atoms. The minimum atomic E-state index is -0.282. The van der Waals surface area contributed by atoms with Crippen molar-refractivity contribution in [3.05, 3.63) is 90.0 Å². The SMILES string of the molecule is Cl.Cl.NCCC[C@H](N)CNC(=O)c1nc2cc(-c3ccc(F)cc3)ccc2n1Cc1ccccc1. The van der Waals surface area contributed by atoms with Gasteiger partial charge in [0, 0.05) is 19.1 Å². The van der Waals surface area contributed by atoms with Crippen LogP contribution in [0, 0.1) is 5.82 Å². The van der Waals surface area contributed by atoms with E-state index in [9.17, 15) is 9.18 Å². The number of fused-ring (bicyclic) bond motifs is 1. The van der Waals surface area contributed by atoms with Gasteiger partial charge in [-0.25, -0.2) is 9.37 Å². The van der Waals surface area contributed by atoms with Crippen LogP contribution in [-0.2, 0) is 6.54 Å². The molecule has 5 N–H and O–H groups in total. The predicted molar refractivity (Wildman–Crippen MR) is 144 cm³/mol. The second-order valence-corrected chi connectivity index (χ2v) is 8.12. The van der Waals surface area contributed by atoms with Gasteiger partial charge in [-0.3, -0.25) is 4.79 Å². The first-order valence-corrected chi connectivity index (χ1v) is 11.1. The molecule has 0 saturated carbocycles. The number of nitrogens with one attached hydrogen (secondary N) is 1. The lowest BCUT2D eigenvalue weighted by atomic mass is 10.1. The molecule has 4 rings (SSSR count). The van der Waals surface area contributed by atoms with Gasteiger partial charge in [0.25, 0.3) is 5.91 Å². The Balaban J connectivity index is 0.00000216. The van der Waals surface area contributed by atoms with Gasteiger partial charge in [0.2, 0.25) is 0 Å². The second-order valence-electron chi connectivity index (χ2n) is 8.12. The fourth-order valence-electron chi connectivity index (χ4n) is 3.84. The van der Waals surface area contributed by atoms with Crippen LogP contribution in [0.4, 0.5) is 4.39 Å². The van der Waals surface area contributed by atoms with Gasteiger partial charge in [0.1, 0.15) is 5.82 Å². The number of benzene rings is 3. The first-order chi connectivity index (χ1) is 16.0. The summed E-state index contributed by atoms with van der Waals surface area (Å²) in [5.41, 5.74) is 16.0. The lowest BCUT2D eigenvalue weighted by Gasteiger charge is -2.13. The monoisotopic (exact) mass is 517 g/mol. The van der Waals surface area contributed by atoms with Gasteiger partial charge in [-0.2, -0.15) is 0 Å². The van der Waals surface area contributed by atoms with Crippen molar-refractivity contribution in [2.24, 2.45) is 11.5 Å². The van der Waals surface area contributed by atoms with E-state index in [-0.39, 0.29) is 42.6 Å². The van der Waals surface area contributed by atoms with E-state index >= 15 is 0 Å². The van der Waals surface area contributed by atoms with Gasteiger partial charge in [-0.15, -0.1) is 24.8 Å². The number of rotatable bonds is 9. The highest BCUT2D eigenvalue weighted by Gasteiger charge is 2.19. The molecule has 1 heterocycles. The number of halogens is 3. The molecule has 9 heteroatoms. The number of amides is 1. The molecule has 186 valence electrons. The molecule has 0 aliphatic carbocycles. The van der Waals surface area contributed by atoms with Crippen molar-refractivity contribution in [2.75, 3.05) is 13.1 Å². The van der Waals surface area contributed by atoms with E-state index in [0.717, 1.165) is 35.0 Å². The first kappa shape index (κ1) is 28.3. The molecule has 1 aromatic heterocycles. The molecular weight excluding hydrogens is 488 g/mol. The first-order valence-electron chi connectivity index (χ1n) is 11.1. The Morgan fingerprint density at radius 3 is 2.37 bits per heavy atom. The minimum absolute atomic E-state index is 0. The van der Waals surface area contributed by atoms with Gasteiger partial charge in [-0.1, -0.05) is 48.5 Å². The normalized spacial score (nSPS) is 11.4. The van der Waals surface area contributed by atoms with Crippen LogP contribution in [-0.4, -0.2) is 34.6 Å². The lowest BCUT2D eigenvalue weighted by molar-refractivity contribution is 0.0937. The van der Waals surface area contributed by atoms with E-state index in [1.807, 2.05) is 53.1 Å². The van der Waals surface area contributed by atoms with Crippen LogP contribution in [0.15, 0.2) is 72.8 Å². The van der Waals surface area contributed by atoms with Crippen molar-refractivity contribution in [1.82, 2.24) is 14.9 Å². The molecule has 0 radical (unpaired) electrons. The zero-order valence-corrected chi connectivity index (χ0v) is 20.8. The van der Waals surface area contributed by atoms with Crippen LogP contribution in [0.2, 0.25) is 0 Å². The Hall–Kier alpha value is -2.97. The number of aromatic nitrogens is 2. The van der Waals surface area contributed by atoms with Crippen molar-refractivity contribution in [2.45, 2.75) is 25.4 Å². The summed E-state index contributed by atoms with van der Waals surface area (Å²) in [5.74, 6) is -0.222. The molecule has 0 aliphatic heterocycles. The summed E-state index contributed by atoms with van der Waals surface area (Å²) >= 11 is 0. The maximum absolute atomic E-state index is 13.3. The van der Waals surface area contributed by atoms with Crippen molar-refractivity contribution in [3.8, 4) is 11.1 Å². The zero-order valence-electron chi connectivity index (χ0n) is 19.2. The Kier molecular flexibility index (Phi) is 10.7. The van der Waals surface area contributed by atoms with Crippen LogP contribution in [0.1, 0.15) is 29.0 Å². The molecule has 0 spiro atoms. The third kappa shape index (κ3) is 7.02. The Morgan fingerprint density at radius 1 is 1.00 bits per heavy atom. The molecule has 1 amide bonds. The van der Waals surface area contributed by atoms with Crippen molar-refractivity contribution < 1.29 is 9.18 Å². The fraction of sp³-hybridized carbons (Fsp3) is 0.231. The summed E-state index contributed by atoms with van der Waals surface area (Å²) < 4.78 is 15.2. The minimum Gasteiger partial charge on any atom is -0.348 e. The van der Waals surface area contributed by atoms with Crippen LogP contribution >= 0.6 is 24.8 Å². The van der Waals surface area contributed by atoms with Crippen LogP contribution < -0.4 is 16.8 Å². The topological polar surface area (TPSA) is 99.0 Å². The summed E-state index contributed by atoms with van der Waals surface area (Å²) in [6, 6.07) is 21.9. The van der Waals surface area contributed by atoms with Crippen molar-refractivity contribution in [3.63, 3.8) is 0 Å². The number of hydrogen-bond acceptors (Lipinski definition) is 4. The Morgan fingerprint density at radius 2 is 1.69 bits per heavy atom. The van der Waals surface area contributed by atoms with Gasteiger partial charge in [0.15, 0.2) is 5.82 Å². The Labute approximate surface area is 216 Å². The van der Waals surface area contributed by atoms with E-state index in [4.69, 9.17) is 11.5 Å². The van der Waals surface area contributed by atoms with Gasteiger partial charge in [-0.05, 0) is 60.3 Å². The average Bonchev–Trinajstić information content (AvgIpc) is 3.20. The number of nitrogens with two attached hydrogens (primary N) is 2. The maximum Gasteiger partial charge on any atom is 0.287 e. The summed E-state index contributed by atoms with van der Waals surface area (Å²) in [6.07, 6.45) is 1.56. The Bertz CT molecular complexity index is 1230. The summed E-state index contributed by atoms with van der Waals surface area (Å²) in [4.78, 5) is 17.7. The maximum atomic E-state index is 13.3. The van der Waals surface area contributed by atoms with E-state index in [2.05, 4.69) is 10.3 Å². The highest BCUT2D eigenvalue weighted by Crippen LogP contribution is 2.26. The highest BCUT2D eigenvalue weighted by molar-refractivity contribution is 5.95. The molecule has 4 aromatic rings. The van der Waals surface area contributed by atoms with Crippen molar-refractivity contribution >= 4 is 41.8 Å². The third-order valence-corrected chi connectivity index (χ3v) is 5.62. The lowest BCUT2D eigenvalue weighted by Crippen LogP contribution is -2.38. The van der Waals surface area contributed by atoms with Crippen molar-refractivity contribution in [1.29, 1.82) is 0 Å². The standard InChI is InChI=1S/C26H28FN5O.2ClH/c27-21-11-8-19(9-12-21)20-10-13-24-23(15-20)31-25(26(33)30-16-22(29)7-4-14-28)32(24)17-18-5-2-1-3-6-18;;/h1-3,5-6,8-13,15,22H,4,7,14,16-17,28-29H2,(H,30,33);2*1H/t22-;;/m0../s1. The fourth-order valence-corrected chi connectivity index (χ4v) is 3.84. The number of carbonyl (C=O) groups is 1. The third-order valence-electron chi connectivity index (χ3n) is 5.62. The molecule has 0 aliphatic rings. The van der Waals surface area contributed by atoms with Crippen LogP contribution in [0.25, 0.3) is 22.2 Å². The largest absolute Gasteiger partial charge is 0.348 e. The zero-order chi connectivity index (χ0) is 23.2. The summed E-state index contributed by atoms with van der Waals surface area (Å²) in [6.45, 7) is 1.44. The number of carbonyl (C=O) groups excluding carboxylic acids is 1. The molecule has 3 aromatic carbocycles. The van der Waals surface area contributed by atoms with E-state index in [0.29, 0.717) is 31.0 Å². The summed E-state index contributed by atoms with van der Waals surface area (Å²) in [7, 11) is 0. The predicted octanol–water partition coefficient (Wildman–Crippen LogP) is 4.53. The van der Waals surface area contributed by atoms with Crippen LogP contribution in [0.3, 0.4) is 0 Å². The molecule has 0 unspecified atom stereocenters. The molecule has 0 fully saturated rings. The summed E-state index contributed by atoms with van der Waals surface area (Å²) in [5, 5.41) is 2.92. The van der Waals surface area contributed by atoms with Gasteiger partial charge in [0.05, 0.1) is 11.0 Å². The quantitative estimate of drug-likeness (QED) is 0.303. The molecule has 0 saturated heterocycles. The smallest absolute Gasteiger partial charge is 0.287 e.